The van der Waals surface area contributed by atoms with E-state index in [-0.39, 0.29) is 5.78 Å². The third kappa shape index (κ3) is 5.29. The molecule has 3 nitrogen and oxygen atoms in total. The number of hydrogen-bond acceptors (Lipinski definition) is 3. The molecule has 2 saturated heterocycles. The molecule has 130 valence electrons. The molecule has 0 amide bonds. The van der Waals surface area contributed by atoms with E-state index in [0.717, 1.165) is 44.3 Å². The van der Waals surface area contributed by atoms with Crippen LogP contribution in [0.15, 0.2) is 23.3 Å². The molecule has 1 unspecified atom stereocenters. The molecular formula is C20H33NO2. The summed E-state index contributed by atoms with van der Waals surface area (Å²) < 4.78 is 0. The Morgan fingerprint density at radius 1 is 1.43 bits per heavy atom. The van der Waals surface area contributed by atoms with Crippen molar-refractivity contribution in [3.8, 4) is 0 Å². The molecule has 2 rings (SSSR count). The van der Waals surface area contributed by atoms with Gasteiger partial charge in [0.15, 0.2) is 5.78 Å². The second-order valence-corrected chi connectivity index (χ2v) is 7.96. The van der Waals surface area contributed by atoms with Gasteiger partial charge in [0.05, 0.1) is 5.60 Å². The lowest BCUT2D eigenvalue weighted by Crippen LogP contribution is -2.57. The normalized spacial score (nSPS) is 32.7. The van der Waals surface area contributed by atoms with Crippen LogP contribution in [-0.4, -0.2) is 40.5 Å². The van der Waals surface area contributed by atoms with Gasteiger partial charge in [0.25, 0.3) is 0 Å². The maximum atomic E-state index is 11.1. The van der Waals surface area contributed by atoms with Gasteiger partial charge in [0.1, 0.15) is 0 Å². The number of allylic oxidation sites excluding steroid dienone is 3. The van der Waals surface area contributed by atoms with Crippen LogP contribution in [0.5, 0.6) is 0 Å². The van der Waals surface area contributed by atoms with Crippen LogP contribution in [0, 0.1) is 5.92 Å². The van der Waals surface area contributed by atoms with Crippen LogP contribution in [0.4, 0.5) is 0 Å². The van der Waals surface area contributed by atoms with Gasteiger partial charge in [0.2, 0.25) is 0 Å². The molecule has 0 aromatic heterocycles. The van der Waals surface area contributed by atoms with Gasteiger partial charge in [0, 0.05) is 12.6 Å². The smallest absolute Gasteiger partial charge is 0.152 e. The molecule has 2 fully saturated rings. The summed E-state index contributed by atoms with van der Waals surface area (Å²) in [6.07, 6.45) is 10.6. The summed E-state index contributed by atoms with van der Waals surface area (Å²) in [6.45, 7) is 10.0. The van der Waals surface area contributed by atoms with Crippen molar-refractivity contribution in [1.29, 1.82) is 0 Å². The first-order valence-corrected chi connectivity index (χ1v) is 9.11. The molecule has 1 N–H and O–H groups in total. The summed E-state index contributed by atoms with van der Waals surface area (Å²) >= 11 is 0. The van der Waals surface area contributed by atoms with E-state index in [1.807, 2.05) is 13.8 Å². The molecule has 0 saturated carbocycles. The van der Waals surface area contributed by atoms with Crippen LogP contribution in [0.1, 0.15) is 66.2 Å². The molecule has 0 bridgehead atoms. The number of ketones is 1. The third-order valence-corrected chi connectivity index (χ3v) is 5.29. The molecule has 0 aromatic carbocycles. The zero-order valence-electron chi connectivity index (χ0n) is 15.3. The number of carbonyl (C=O) groups is 1. The molecule has 2 heterocycles. The van der Waals surface area contributed by atoms with Crippen molar-refractivity contribution in [2.24, 2.45) is 5.92 Å². The van der Waals surface area contributed by atoms with Gasteiger partial charge in [-0.15, -0.1) is 0 Å². The SMILES string of the molecule is CC(=O)/C=C(\C)CC[C@@H](C)/C=C1\CN2CCCCC2[C@@](C)(O)C1. The minimum absolute atomic E-state index is 0.132. The number of piperidine rings is 2. The van der Waals surface area contributed by atoms with Crippen LogP contribution >= 0.6 is 0 Å². The van der Waals surface area contributed by atoms with Crippen molar-refractivity contribution in [2.75, 3.05) is 13.1 Å². The predicted octanol–water partition coefficient (Wildman–Crippen LogP) is 3.87. The second-order valence-electron chi connectivity index (χ2n) is 7.96. The Kier molecular flexibility index (Phi) is 6.21. The number of carbonyl (C=O) groups excluding carboxylic acids is 1. The van der Waals surface area contributed by atoms with Gasteiger partial charge in [-0.1, -0.05) is 30.6 Å². The van der Waals surface area contributed by atoms with Crippen molar-refractivity contribution in [3.05, 3.63) is 23.3 Å². The third-order valence-electron chi connectivity index (χ3n) is 5.29. The highest BCUT2D eigenvalue weighted by Gasteiger charge is 2.42. The maximum absolute atomic E-state index is 11.1. The molecule has 3 atom stereocenters. The first-order valence-electron chi connectivity index (χ1n) is 9.11. The molecule has 0 aromatic rings. The van der Waals surface area contributed by atoms with Gasteiger partial charge in [-0.3, -0.25) is 9.69 Å². The van der Waals surface area contributed by atoms with E-state index in [1.165, 1.54) is 18.4 Å². The Bertz CT molecular complexity index is 490. The number of aliphatic hydroxyl groups is 1. The summed E-state index contributed by atoms with van der Waals surface area (Å²) in [7, 11) is 0. The zero-order chi connectivity index (χ0) is 17.0. The van der Waals surface area contributed by atoms with Crippen molar-refractivity contribution in [3.63, 3.8) is 0 Å². The van der Waals surface area contributed by atoms with Crippen molar-refractivity contribution >= 4 is 5.78 Å². The highest BCUT2D eigenvalue weighted by atomic mass is 16.3. The van der Waals surface area contributed by atoms with Crippen LogP contribution in [0.3, 0.4) is 0 Å². The van der Waals surface area contributed by atoms with Crippen molar-refractivity contribution in [2.45, 2.75) is 77.9 Å². The van der Waals surface area contributed by atoms with E-state index in [9.17, 15) is 9.90 Å². The fraction of sp³-hybridized carbons (Fsp3) is 0.750. The lowest BCUT2D eigenvalue weighted by molar-refractivity contribution is -0.112. The summed E-state index contributed by atoms with van der Waals surface area (Å²) in [5.74, 6) is 0.616. The van der Waals surface area contributed by atoms with Gasteiger partial charge in [-0.2, -0.15) is 0 Å². The Morgan fingerprint density at radius 2 is 2.17 bits per heavy atom. The molecule has 23 heavy (non-hydrogen) atoms. The number of fused-ring (bicyclic) bond motifs is 1. The van der Waals surface area contributed by atoms with Crippen molar-refractivity contribution < 1.29 is 9.90 Å². The molecule has 2 aliphatic heterocycles. The summed E-state index contributed by atoms with van der Waals surface area (Å²) in [6, 6.07) is 0.337. The molecule has 0 spiro atoms. The largest absolute Gasteiger partial charge is 0.388 e. The van der Waals surface area contributed by atoms with E-state index >= 15 is 0 Å². The number of hydrogen-bond donors (Lipinski definition) is 1. The topological polar surface area (TPSA) is 40.5 Å². The molecular weight excluding hydrogens is 286 g/mol. The Hall–Kier alpha value is -0.930. The molecule has 3 heteroatoms. The highest BCUT2D eigenvalue weighted by molar-refractivity contribution is 5.87. The minimum atomic E-state index is -0.589. The Balaban J connectivity index is 1.95. The van der Waals surface area contributed by atoms with Crippen LogP contribution in [0.2, 0.25) is 0 Å². The number of rotatable bonds is 5. The van der Waals surface area contributed by atoms with E-state index in [0.29, 0.717) is 12.0 Å². The van der Waals surface area contributed by atoms with Crippen LogP contribution in [-0.2, 0) is 4.79 Å². The average Bonchev–Trinajstić information content (AvgIpc) is 2.44. The van der Waals surface area contributed by atoms with Gasteiger partial charge >= 0.3 is 0 Å². The highest BCUT2D eigenvalue weighted by Crippen LogP contribution is 2.36. The maximum Gasteiger partial charge on any atom is 0.152 e. The second kappa shape index (κ2) is 7.76. The molecule has 0 aliphatic carbocycles. The molecule has 0 radical (unpaired) electrons. The fourth-order valence-electron chi connectivity index (χ4n) is 4.25. The lowest BCUT2D eigenvalue weighted by Gasteiger charge is -2.49. The first kappa shape index (κ1) is 18.4. The van der Waals surface area contributed by atoms with Crippen LogP contribution < -0.4 is 0 Å². The van der Waals surface area contributed by atoms with Gasteiger partial charge < -0.3 is 5.11 Å². The zero-order valence-corrected chi connectivity index (χ0v) is 15.3. The number of nitrogens with zero attached hydrogens (tertiary/aromatic N) is 1. The van der Waals surface area contributed by atoms with E-state index in [4.69, 9.17) is 0 Å². The lowest BCUT2D eigenvalue weighted by atomic mass is 9.78. The van der Waals surface area contributed by atoms with Crippen LogP contribution in [0.25, 0.3) is 0 Å². The monoisotopic (exact) mass is 319 g/mol. The Morgan fingerprint density at radius 3 is 2.87 bits per heavy atom. The van der Waals surface area contributed by atoms with E-state index in [1.54, 1.807) is 13.0 Å². The summed E-state index contributed by atoms with van der Waals surface area (Å²) in [4.78, 5) is 13.6. The van der Waals surface area contributed by atoms with Gasteiger partial charge in [-0.05, 0) is 71.4 Å². The van der Waals surface area contributed by atoms with Crippen molar-refractivity contribution in [1.82, 2.24) is 4.90 Å². The quantitative estimate of drug-likeness (QED) is 0.617. The summed E-state index contributed by atoms with van der Waals surface area (Å²) in [5.41, 5.74) is 1.96. The molecule has 2 aliphatic rings. The minimum Gasteiger partial charge on any atom is -0.388 e. The predicted molar refractivity (Wildman–Crippen MR) is 95.4 cm³/mol. The fourth-order valence-corrected chi connectivity index (χ4v) is 4.25. The summed E-state index contributed by atoms with van der Waals surface area (Å²) in [5, 5.41) is 10.8. The Labute approximate surface area is 141 Å². The first-order chi connectivity index (χ1) is 10.8. The van der Waals surface area contributed by atoms with E-state index in [2.05, 4.69) is 17.9 Å². The average molecular weight is 319 g/mol. The standard InChI is InChI=1S/C20H33NO2/c1-15(11-17(3)22)8-9-16(2)12-18-13-20(4,23)19-7-5-6-10-21(19)14-18/h11-12,16,19,23H,5-10,13-14H2,1-4H3/b15-11+,18-12-/t16-,19?,20+/m1/s1. The van der Waals surface area contributed by atoms with E-state index < -0.39 is 5.60 Å². The van der Waals surface area contributed by atoms with Gasteiger partial charge in [-0.25, -0.2) is 0 Å².